The quantitative estimate of drug-likeness (QED) is 0.277. The summed E-state index contributed by atoms with van der Waals surface area (Å²) in [5.74, 6) is -1.02. The summed E-state index contributed by atoms with van der Waals surface area (Å²) in [5, 5.41) is 12.0. The number of carbonyl (C=O) groups excluding carboxylic acids is 1. The van der Waals surface area contributed by atoms with Crippen molar-refractivity contribution in [1.29, 1.82) is 0 Å². The van der Waals surface area contributed by atoms with E-state index < -0.39 is 23.8 Å². The molecule has 0 unspecified atom stereocenters. The fourth-order valence-electron chi connectivity index (χ4n) is 4.01. The zero-order valence-electron chi connectivity index (χ0n) is 18.6. The number of pyridine rings is 1. The first-order chi connectivity index (χ1) is 17.5. The van der Waals surface area contributed by atoms with Crippen LogP contribution in [0.3, 0.4) is 0 Å². The van der Waals surface area contributed by atoms with Crippen molar-refractivity contribution < 1.29 is 13.6 Å². The molecule has 0 amide bonds. The van der Waals surface area contributed by atoms with Crippen molar-refractivity contribution in [2.24, 2.45) is 0 Å². The number of hydrogen-bond donors (Lipinski definition) is 3. The fourth-order valence-corrected chi connectivity index (χ4v) is 4.01. The molecule has 0 aliphatic carbocycles. The van der Waals surface area contributed by atoms with Gasteiger partial charge in [0.2, 0.25) is 0 Å². The number of nitrogens with one attached hydrogen (secondary N) is 3. The molecule has 0 aliphatic rings. The molecule has 0 spiro atoms. The lowest BCUT2D eigenvalue weighted by Crippen LogP contribution is -2.08. The molecule has 8 nitrogen and oxygen atoms in total. The molecule has 0 fully saturated rings. The van der Waals surface area contributed by atoms with E-state index in [2.05, 4.69) is 35.5 Å². The van der Waals surface area contributed by atoms with E-state index in [1.165, 1.54) is 0 Å². The number of H-pyrrole nitrogens is 2. The molecule has 176 valence electrons. The highest BCUT2D eigenvalue weighted by molar-refractivity contribution is 6.01. The first-order valence-electron chi connectivity index (χ1n) is 11.0. The Kier molecular flexibility index (Phi) is 5.18. The number of Topliss-reactive ketones (excluding diaryl/α,β-unsaturated/α-hetero) is 1. The average molecular weight is 481 g/mol. The molecule has 0 bridgehead atoms. The number of aromatic amines is 2. The number of benzene rings is 2. The molecule has 3 N–H and O–H groups in total. The molecular formula is C26H17F2N7O. The summed E-state index contributed by atoms with van der Waals surface area (Å²) >= 11 is 0. The van der Waals surface area contributed by atoms with Gasteiger partial charge in [-0.05, 0) is 36.4 Å². The number of nitrogens with zero attached hydrogens (tertiary/aromatic N) is 4. The predicted octanol–water partition coefficient (Wildman–Crippen LogP) is 5.34. The van der Waals surface area contributed by atoms with Crippen molar-refractivity contribution in [3.8, 4) is 11.4 Å². The summed E-state index contributed by atoms with van der Waals surface area (Å²) in [6, 6.07) is 14.8. The van der Waals surface area contributed by atoms with Crippen LogP contribution in [0.1, 0.15) is 16.1 Å². The number of aromatic nitrogens is 6. The Balaban J connectivity index is 1.25. The normalized spacial score (nSPS) is 11.3. The van der Waals surface area contributed by atoms with Crippen molar-refractivity contribution in [2.45, 2.75) is 6.42 Å². The Labute approximate surface area is 202 Å². The van der Waals surface area contributed by atoms with Crippen LogP contribution in [-0.2, 0) is 6.42 Å². The highest BCUT2D eigenvalue weighted by Gasteiger charge is 2.17. The Morgan fingerprint density at radius 2 is 1.78 bits per heavy atom. The lowest BCUT2D eigenvalue weighted by atomic mass is 10.1. The van der Waals surface area contributed by atoms with Crippen LogP contribution in [0.4, 0.5) is 20.3 Å². The maximum absolute atomic E-state index is 13.9. The zero-order chi connectivity index (χ0) is 24.6. The van der Waals surface area contributed by atoms with E-state index in [1.807, 2.05) is 36.4 Å². The predicted molar refractivity (Wildman–Crippen MR) is 131 cm³/mol. The molecule has 0 saturated carbocycles. The summed E-state index contributed by atoms with van der Waals surface area (Å²) < 4.78 is 27.8. The number of fused-ring (bicyclic) bond motifs is 2. The minimum Gasteiger partial charge on any atom is -0.352 e. The second-order valence-electron chi connectivity index (χ2n) is 8.23. The van der Waals surface area contributed by atoms with Gasteiger partial charge < -0.3 is 10.3 Å². The lowest BCUT2D eigenvalue weighted by molar-refractivity contribution is 0.0986. The van der Waals surface area contributed by atoms with Gasteiger partial charge in [-0.15, -0.1) is 0 Å². The molecule has 36 heavy (non-hydrogen) atoms. The second kappa shape index (κ2) is 8.66. The Morgan fingerprint density at radius 3 is 2.64 bits per heavy atom. The summed E-state index contributed by atoms with van der Waals surface area (Å²) in [6.07, 6.45) is 4.78. The number of hydrogen-bond acceptors (Lipinski definition) is 6. The van der Waals surface area contributed by atoms with Crippen molar-refractivity contribution in [3.05, 3.63) is 96.2 Å². The molecule has 6 rings (SSSR count). The third-order valence-corrected chi connectivity index (χ3v) is 5.84. The minimum absolute atomic E-state index is 0.253. The van der Waals surface area contributed by atoms with E-state index in [9.17, 15) is 13.6 Å². The molecule has 6 aromatic rings. The molecule has 2 aromatic carbocycles. The van der Waals surface area contributed by atoms with Crippen LogP contribution in [0.25, 0.3) is 33.2 Å². The first-order valence-corrected chi connectivity index (χ1v) is 11.0. The van der Waals surface area contributed by atoms with Gasteiger partial charge in [-0.2, -0.15) is 5.10 Å². The number of anilines is 2. The first kappa shape index (κ1) is 21.5. The van der Waals surface area contributed by atoms with E-state index in [0.717, 1.165) is 39.9 Å². The summed E-state index contributed by atoms with van der Waals surface area (Å²) in [4.78, 5) is 28.2. The highest BCUT2D eigenvalue weighted by Crippen LogP contribution is 2.26. The second-order valence-corrected chi connectivity index (χ2v) is 8.23. The highest BCUT2D eigenvalue weighted by atomic mass is 19.1. The molecule has 4 heterocycles. The molecule has 0 saturated heterocycles. The van der Waals surface area contributed by atoms with E-state index in [0.29, 0.717) is 17.2 Å². The van der Waals surface area contributed by atoms with Gasteiger partial charge in [-0.3, -0.25) is 14.9 Å². The third-order valence-electron chi connectivity index (χ3n) is 5.84. The smallest absolute Gasteiger partial charge is 0.183 e. The van der Waals surface area contributed by atoms with Crippen LogP contribution >= 0.6 is 0 Å². The molecule has 10 heteroatoms. The maximum atomic E-state index is 13.9. The largest absolute Gasteiger partial charge is 0.352 e. The lowest BCUT2D eigenvalue weighted by Gasteiger charge is -2.07. The molecule has 0 atom stereocenters. The van der Waals surface area contributed by atoms with Crippen LogP contribution in [-0.4, -0.2) is 35.9 Å². The van der Waals surface area contributed by atoms with E-state index in [4.69, 9.17) is 0 Å². The summed E-state index contributed by atoms with van der Waals surface area (Å²) in [6.45, 7) is 0. The van der Waals surface area contributed by atoms with E-state index >= 15 is 0 Å². The number of halogens is 2. The van der Waals surface area contributed by atoms with Gasteiger partial charge in [0, 0.05) is 45.7 Å². The van der Waals surface area contributed by atoms with Gasteiger partial charge in [0.25, 0.3) is 0 Å². The van der Waals surface area contributed by atoms with Gasteiger partial charge in [0.15, 0.2) is 11.6 Å². The monoisotopic (exact) mass is 481 g/mol. The van der Waals surface area contributed by atoms with Crippen LogP contribution in [0.2, 0.25) is 0 Å². The number of rotatable bonds is 6. The van der Waals surface area contributed by atoms with E-state index in [-0.39, 0.29) is 11.3 Å². The van der Waals surface area contributed by atoms with Crippen molar-refractivity contribution in [3.63, 3.8) is 0 Å². The minimum atomic E-state index is -0.850. The average Bonchev–Trinajstić information content (AvgIpc) is 3.52. The Morgan fingerprint density at radius 1 is 0.917 bits per heavy atom. The number of carbonyl (C=O) groups is 1. The molecule has 0 aliphatic heterocycles. The van der Waals surface area contributed by atoms with Gasteiger partial charge in [0.1, 0.15) is 17.5 Å². The van der Waals surface area contributed by atoms with Crippen molar-refractivity contribution in [1.82, 2.24) is 30.1 Å². The van der Waals surface area contributed by atoms with Crippen LogP contribution in [0.5, 0.6) is 0 Å². The Bertz CT molecular complexity index is 1740. The summed E-state index contributed by atoms with van der Waals surface area (Å²) in [5.41, 5.74) is 3.17. The van der Waals surface area contributed by atoms with Crippen LogP contribution in [0.15, 0.2) is 73.3 Å². The molecular weight excluding hydrogens is 464 g/mol. The SMILES string of the molecule is O=C(Cc1c(F)cncc1F)c1cc2ccc(-c3nccc(Nc4ccc5[nH]ncc5c4)n3)cc2[nH]1. The number of ketones is 1. The van der Waals surface area contributed by atoms with Crippen LogP contribution < -0.4 is 5.32 Å². The van der Waals surface area contributed by atoms with Crippen LogP contribution in [0, 0.1) is 11.6 Å². The van der Waals surface area contributed by atoms with Gasteiger partial charge in [-0.1, -0.05) is 12.1 Å². The molecule has 0 radical (unpaired) electrons. The molecule has 4 aromatic heterocycles. The summed E-state index contributed by atoms with van der Waals surface area (Å²) in [7, 11) is 0. The van der Waals surface area contributed by atoms with Crippen molar-refractivity contribution >= 4 is 39.1 Å². The topological polar surface area (TPSA) is 112 Å². The van der Waals surface area contributed by atoms with Crippen molar-refractivity contribution in [2.75, 3.05) is 5.32 Å². The van der Waals surface area contributed by atoms with E-state index in [1.54, 1.807) is 24.5 Å². The van der Waals surface area contributed by atoms with Gasteiger partial charge in [0.05, 0.1) is 29.8 Å². The third kappa shape index (κ3) is 4.05. The zero-order valence-corrected chi connectivity index (χ0v) is 18.6. The van der Waals surface area contributed by atoms with Gasteiger partial charge in [-0.25, -0.2) is 18.7 Å². The Hall–Kier alpha value is -4.99. The standard InChI is InChI=1S/C26H17F2N7O/c27-19-12-29-13-20(28)18(19)10-24(36)23-8-14-1-2-15(9-22(14)33-23)26-30-6-5-25(34-26)32-17-3-4-21-16(7-17)11-31-35-21/h1-9,11-13,33H,10H2,(H,31,35)(H,30,32,34). The van der Waals surface area contributed by atoms with Gasteiger partial charge >= 0.3 is 0 Å². The fraction of sp³-hybridized carbons (Fsp3) is 0.0385. The maximum Gasteiger partial charge on any atom is 0.183 e.